The lowest BCUT2D eigenvalue weighted by Gasteiger charge is -2.17. The van der Waals surface area contributed by atoms with Crippen LogP contribution in [-0.2, 0) is 18.9 Å². The smallest absolute Gasteiger partial charge is 0.126 e. The fraction of sp³-hybridized carbons (Fsp3) is 0.400. The molecule has 0 amide bonds. The molecule has 0 saturated heterocycles. The van der Waals surface area contributed by atoms with Gasteiger partial charge in [0.05, 0.1) is 5.69 Å². The molecule has 3 nitrogen and oxygen atoms in total. The average molecular weight is 243 g/mol. The molecule has 0 radical (unpaired) electrons. The third kappa shape index (κ3) is 2.40. The van der Waals surface area contributed by atoms with E-state index in [-0.39, 0.29) is 5.41 Å². The molecule has 0 unspecified atom stereocenters. The Morgan fingerprint density at radius 3 is 2.28 bits per heavy atom. The van der Waals surface area contributed by atoms with E-state index in [0.29, 0.717) is 0 Å². The van der Waals surface area contributed by atoms with E-state index in [0.717, 1.165) is 23.8 Å². The maximum absolute atomic E-state index is 6.15. The Morgan fingerprint density at radius 1 is 1.17 bits per heavy atom. The first kappa shape index (κ1) is 12.7. The first-order valence-corrected chi connectivity index (χ1v) is 6.25. The lowest BCUT2D eigenvalue weighted by molar-refractivity contribution is 0.523. The fourth-order valence-corrected chi connectivity index (χ4v) is 2.16. The largest absolute Gasteiger partial charge is 0.384 e. The molecule has 1 aromatic heterocycles. The molecule has 0 aliphatic rings. The zero-order valence-electron chi connectivity index (χ0n) is 11.6. The third-order valence-electron chi connectivity index (χ3n) is 3.10. The number of benzene rings is 1. The number of anilines is 1. The van der Waals surface area contributed by atoms with Crippen molar-refractivity contribution < 1.29 is 0 Å². The highest BCUT2D eigenvalue weighted by Crippen LogP contribution is 2.26. The van der Waals surface area contributed by atoms with Crippen molar-refractivity contribution in [3.8, 4) is 0 Å². The van der Waals surface area contributed by atoms with Crippen LogP contribution in [0.5, 0.6) is 0 Å². The van der Waals surface area contributed by atoms with Crippen LogP contribution in [0, 0.1) is 0 Å². The van der Waals surface area contributed by atoms with Gasteiger partial charge in [-0.25, -0.2) is 4.98 Å². The van der Waals surface area contributed by atoms with Gasteiger partial charge in [-0.15, -0.1) is 0 Å². The van der Waals surface area contributed by atoms with Gasteiger partial charge in [0.25, 0.3) is 0 Å². The van der Waals surface area contributed by atoms with Gasteiger partial charge in [0.2, 0.25) is 0 Å². The minimum atomic E-state index is 0.0117. The summed E-state index contributed by atoms with van der Waals surface area (Å²) in [6.07, 6.45) is 0.788. The Morgan fingerprint density at radius 2 is 1.78 bits per heavy atom. The van der Waals surface area contributed by atoms with E-state index in [2.05, 4.69) is 32.9 Å². The maximum Gasteiger partial charge on any atom is 0.126 e. The molecule has 18 heavy (non-hydrogen) atoms. The SMILES string of the molecule is Cn1c(C(C)(C)C)nc(Cc2ccccc2)c1N. The van der Waals surface area contributed by atoms with Crippen LogP contribution in [0.2, 0.25) is 0 Å². The van der Waals surface area contributed by atoms with E-state index < -0.39 is 0 Å². The van der Waals surface area contributed by atoms with E-state index in [4.69, 9.17) is 10.7 Å². The van der Waals surface area contributed by atoms with Crippen molar-refractivity contribution in [2.24, 2.45) is 7.05 Å². The van der Waals surface area contributed by atoms with E-state index in [1.54, 1.807) is 0 Å². The standard InChI is InChI=1S/C15H21N3/c1-15(2,3)14-17-12(13(16)18(14)4)10-11-8-6-5-7-9-11/h5-9H,10,16H2,1-4H3. The summed E-state index contributed by atoms with van der Waals surface area (Å²) in [5.74, 6) is 1.80. The molecule has 0 saturated carbocycles. The fourth-order valence-electron chi connectivity index (χ4n) is 2.16. The van der Waals surface area contributed by atoms with Gasteiger partial charge in [-0.3, -0.25) is 0 Å². The average Bonchev–Trinajstić information content (AvgIpc) is 2.58. The summed E-state index contributed by atoms with van der Waals surface area (Å²) < 4.78 is 2.00. The number of nitrogen functional groups attached to an aromatic ring is 1. The number of hydrogen-bond donors (Lipinski definition) is 1. The lowest BCUT2D eigenvalue weighted by atomic mass is 9.96. The van der Waals surface area contributed by atoms with Gasteiger partial charge in [0.15, 0.2) is 0 Å². The van der Waals surface area contributed by atoms with Crippen molar-refractivity contribution in [3.63, 3.8) is 0 Å². The van der Waals surface area contributed by atoms with Crippen molar-refractivity contribution in [1.29, 1.82) is 0 Å². The minimum Gasteiger partial charge on any atom is -0.384 e. The maximum atomic E-state index is 6.15. The predicted molar refractivity (Wildman–Crippen MR) is 75.6 cm³/mol. The molecule has 96 valence electrons. The lowest BCUT2D eigenvalue weighted by Crippen LogP contribution is -2.17. The topological polar surface area (TPSA) is 43.8 Å². The number of rotatable bonds is 2. The number of nitrogens with zero attached hydrogens (tertiary/aromatic N) is 2. The van der Waals surface area contributed by atoms with E-state index in [9.17, 15) is 0 Å². The molecular formula is C15H21N3. The van der Waals surface area contributed by atoms with Crippen LogP contribution >= 0.6 is 0 Å². The van der Waals surface area contributed by atoms with Crippen LogP contribution in [0.15, 0.2) is 30.3 Å². The summed E-state index contributed by atoms with van der Waals surface area (Å²) in [7, 11) is 1.98. The number of aromatic nitrogens is 2. The zero-order valence-corrected chi connectivity index (χ0v) is 11.6. The van der Waals surface area contributed by atoms with Crippen molar-refractivity contribution in [3.05, 3.63) is 47.4 Å². The molecule has 0 fully saturated rings. The number of nitrogens with two attached hydrogens (primary N) is 1. The first-order valence-electron chi connectivity index (χ1n) is 6.25. The van der Waals surface area contributed by atoms with Crippen molar-refractivity contribution in [2.75, 3.05) is 5.73 Å². The molecule has 2 N–H and O–H groups in total. The second-order valence-electron chi connectivity index (χ2n) is 5.74. The second-order valence-corrected chi connectivity index (χ2v) is 5.74. The molecule has 0 atom stereocenters. The summed E-state index contributed by atoms with van der Waals surface area (Å²) in [6, 6.07) is 10.3. The normalized spacial score (nSPS) is 11.8. The Bertz CT molecular complexity index is 533. The van der Waals surface area contributed by atoms with Gasteiger partial charge in [0, 0.05) is 18.9 Å². The molecule has 1 aromatic carbocycles. The predicted octanol–water partition coefficient (Wildman–Crippen LogP) is 2.89. The van der Waals surface area contributed by atoms with Crippen LogP contribution < -0.4 is 5.73 Å². The molecule has 0 bridgehead atoms. The minimum absolute atomic E-state index is 0.0117. The molecule has 0 aliphatic heterocycles. The van der Waals surface area contributed by atoms with E-state index in [1.165, 1.54) is 5.56 Å². The Kier molecular flexibility index (Phi) is 3.16. The number of hydrogen-bond acceptors (Lipinski definition) is 2. The van der Waals surface area contributed by atoms with Crippen molar-refractivity contribution in [2.45, 2.75) is 32.6 Å². The van der Waals surface area contributed by atoms with E-state index >= 15 is 0 Å². The Hall–Kier alpha value is -1.77. The van der Waals surface area contributed by atoms with Crippen molar-refractivity contribution in [1.82, 2.24) is 9.55 Å². The Balaban J connectivity index is 2.36. The summed E-state index contributed by atoms with van der Waals surface area (Å²) >= 11 is 0. The zero-order chi connectivity index (χ0) is 13.3. The van der Waals surface area contributed by atoms with Gasteiger partial charge in [0.1, 0.15) is 11.6 Å². The third-order valence-corrected chi connectivity index (χ3v) is 3.10. The molecule has 2 aromatic rings. The molecule has 3 heteroatoms. The summed E-state index contributed by atoms with van der Waals surface area (Å²) in [5.41, 5.74) is 8.37. The van der Waals surface area contributed by atoms with Crippen LogP contribution in [0.1, 0.15) is 37.9 Å². The molecule has 1 heterocycles. The van der Waals surface area contributed by atoms with Gasteiger partial charge < -0.3 is 10.3 Å². The molecule has 0 aliphatic carbocycles. The number of imidazole rings is 1. The van der Waals surface area contributed by atoms with E-state index in [1.807, 2.05) is 29.8 Å². The quantitative estimate of drug-likeness (QED) is 0.881. The van der Waals surface area contributed by atoms with Crippen LogP contribution in [-0.4, -0.2) is 9.55 Å². The Labute approximate surface area is 109 Å². The molecule has 2 rings (SSSR count). The van der Waals surface area contributed by atoms with Gasteiger partial charge >= 0.3 is 0 Å². The highest BCUT2D eigenvalue weighted by Gasteiger charge is 2.22. The highest BCUT2D eigenvalue weighted by atomic mass is 15.1. The van der Waals surface area contributed by atoms with Crippen LogP contribution in [0.4, 0.5) is 5.82 Å². The van der Waals surface area contributed by atoms with Crippen LogP contribution in [0.3, 0.4) is 0 Å². The van der Waals surface area contributed by atoms with Gasteiger partial charge in [-0.2, -0.15) is 0 Å². The summed E-state index contributed by atoms with van der Waals surface area (Å²) in [4.78, 5) is 4.71. The second kappa shape index (κ2) is 4.48. The van der Waals surface area contributed by atoms with Gasteiger partial charge in [-0.05, 0) is 5.56 Å². The van der Waals surface area contributed by atoms with Crippen LogP contribution in [0.25, 0.3) is 0 Å². The highest BCUT2D eigenvalue weighted by molar-refractivity contribution is 5.42. The molecular weight excluding hydrogens is 222 g/mol. The van der Waals surface area contributed by atoms with Gasteiger partial charge in [-0.1, -0.05) is 51.1 Å². The first-order chi connectivity index (χ1) is 8.39. The van der Waals surface area contributed by atoms with Crippen molar-refractivity contribution >= 4 is 5.82 Å². The summed E-state index contributed by atoms with van der Waals surface area (Å²) in [5, 5.41) is 0. The molecule has 0 spiro atoms. The summed E-state index contributed by atoms with van der Waals surface area (Å²) in [6.45, 7) is 6.46. The monoisotopic (exact) mass is 243 g/mol.